The quantitative estimate of drug-likeness (QED) is 0.329. The van der Waals surface area contributed by atoms with Gasteiger partial charge in [-0.1, -0.05) is 42.5 Å². The third kappa shape index (κ3) is 6.91. The van der Waals surface area contributed by atoms with Gasteiger partial charge in [-0.05, 0) is 93.5 Å². The van der Waals surface area contributed by atoms with Crippen molar-refractivity contribution in [3.63, 3.8) is 0 Å². The van der Waals surface area contributed by atoms with Gasteiger partial charge in [-0.2, -0.15) is 0 Å². The summed E-state index contributed by atoms with van der Waals surface area (Å²) < 4.78 is 16.8. The minimum absolute atomic E-state index is 0.262. The van der Waals surface area contributed by atoms with Gasteiger partial charge in [0.25, 0.3) is 0 Å². The molecule has 0 spiro atoms. The molecule has 0 atom stereocenters. The summed E-state index contributed by atoms with van der Waals surface area (Å²) in [7, 11) is 0. The molecule has 1 aliphatic rings. The van der Waals surface area contributed by atoms with E-state index >= 15 is 0 Å². The van der Waals surface area contributed by atoms with Gasteiger partial charge < -0.3 is 19.1 Å². The molecule has 1 saturated heterocycles. The Morgan fingerprint density at radius 1 is 0.892 bits per heavy atom. The lowest BCUT2D eigenvalue weighted by atomic mass is 9.86. The number of likely N-dealkylation sites (tertiary alicyclic amines) is 1. The van der Waals surface area contributed by atoms with Crippen molar-refractivity contribution >= 4 is 12.1 Å². The van der Waals surface area contributed by atoms with E-state index < -0.39 is 5.60 Å². The molecule has 3 aromatic carbocycles. The average Bonchev–Trinajstić information content (AvgIpc) is 2.89. The van der Waals surface area contributed by atoms with Gasteiger partial charge in [0.15, 0.2) is 0 Å². The van der Waals surface area contributed by atoms with E-state index in [1.165, 1.54) is 0 Å². The summed E-state index contributed by atoms with van der Waals surface area (Å²) in [6.45, 7) is 9.03. The van der Waals surface area contributed by atoms with Crippen LogP contribution in [-0.2, 0) is 9.47 Å². The van der Waals surface area contributed by atoms with Crippen molar-refractivity contribution in [1.29, 1.82) is 0 Å². The van der Waals surface area contributed by atoms with Gasteiger partial charge in [-0.3, -0.25) is 0 Å². The molecule has 1 aliphatic heterocycles. The Bertz CT molecular complexity index is 1210. The maximum atomic E-state index is 12.8. The zero-order valence-electron chi connectivity index (χ0n) is 22.0. The normalized spacial score (nSPS) is 14.2. The molecular weight excluding hydrogens is 466 g/mol. The van der Waals surface area contributed by atoms with E-state index in [1.807, 2.05) is 87.5 Å². The standard InChI is InChI=1S/C31H35NO5/c1-5-35-29(33)27-16-13-24(22-17-19-32(20-18-22)30(34)37-31(2,3)4)21-28(27)23-11-14-26(15-12-23)36-25-9-7-6-8-10-25/h6-16,21-22H,5,17-20H2,1-4H3. The Hall–Kier alpha value is -3.80. The highest BCUT2D eigenvalue weighted by molar-refractivity contribution is 5.97. The number of para-hydroxylation sites is 1. The molecule has 3 aromatic rings. The maximum Gasteiger partial charge on any atom is 0.410 e. The number of amides is 1. The first-order valence-electron chi connectivity index (χ1n) is 12.9. The smallest absolute Gasteiger partial charge is 0.410 e. The van der Waals surface area contributed by atoms with Crippen LogP contribution in [0.25, 0.3) is 11.1 Å². The lowest BCUT2D eigenvalue weighted by Crippen LogP contribution is -2.41. The van der Waals surface area contributed by atoms with E-state index in [9.17, 15) is 9.59 Å². The summed E-state index contributed by atoms with van der Waals surface area (Å²) in [5.74, 6) is 1.43. The van der Waals surface area contributed by atoms with Crippen LogP contribution in [0.1, 0.15) is 62.4 Å². The van der Waals surface area contributed by atoms with Gasteiger partial charge in [0.05, 0.1) is 12.2 Å². The lowest BCUT2D eigenvalue weighted by Gasteiger charge is -2.33. The summed E-state index contributed by atoms with van der Waals surface area (Å²) in [5.41, 5.74) is 2.92. The van der Waals surface area contributed by atoms with Crippen molar-refractivity contribution in [3.05, 3.63) is 83.9 Å². The summed E-state index contributed by atoms with van der Waals surface area (Å²) >= 11 is 0. The second-order valence-corrected chi connectivity index (χ2v) is 10.2. The predicted octanol–water partition coefficient (Wildman–Crippen LogP) is 7.44. The van der Waals surface area contributed by atoms with Crippen LogP contribution in [0.4, 0.5) is 4.79 Å². The summed E-state index contributed by atoms with van der Waals surface area (Å²) in [5, 5.41) is 0. The van der Waals surface area contributed by atoms with Gasteiger partial charge in [0, 0.05) is 13.1 Å². The number of hydrogen-bond acceptors (Lipinski definition) is 5. The van der Waals surface area contributed by atoms with Gasteiger partial charge in [-0.25, -0.2) is 9.59 Å². The van der Waals surface area contributed by atoms with E-state index in [0.717, 1.165) is 41.0 Å². The molecule has 1 fully saturated rings. The van der Waals surface area contributed by atoms with E-state index in [4.69, 9.17) is 14.2 Å². The molecule has 4 rings (SSSR count). The van der Waals surface area contributed by atoms with Crippen LogP contribution in [0.3, 0.4) is 0 Å². The Labute approximate surface area is 219 Å². The second kappa shape index (κ2) is 11.5. The Kier molecular flexibility index (Phi) is 8.17. The second-order valence-electron chi connectivity index (χ2n) is 10.2. The highest BCUT2D eigenvalue weighted by atomic mass is 16.6. The lowest BCUT2D eigenvalue weighted by molar-refractivity contribution is 0.0204. The molecule has 37 heavy (non-hydrogen) atoms. The Balaban J connectivity index is 1.54. The highest BCUT2D eigenvalue weighted by Gasteiger charge is 2.28. The molecule has 0 saturated carbocycles. The number of esters is 1. The van der Waals surface area contributed by atoms with E-state index in [1.54, 1.807) is 11.8 Å². The van der Waals surface area contributed by atoms with Crippen LogP contribution in [0.5, 0.6) is 11.5 Å². The number of carbonyl (C=O) groups is 2. The highest BCUT2D eigenvalue weighted by Crippen LogP contribution is 2.34. The van der Waals surface area contributed by atoms with E-state index in [-0.39, 0.29) is 18.0 Å². The monoisotopic (exact) mass is 501 g/mol. The minimum atomic E-state index is -0.507. The summed E-state index contributed by atoms with van der Waals surface area (Å²) in [6, 6.07) is 23.3. The zero-order valence-corrected chi connectivity index (χ0v) is 22.0. The molecule has 0 aromatic heterocycles. The topological polar surface area (TPSA) is 65.1 Å². The Morgan fingerprint density at radius 3 is 2.16 bits per heavy atom. The molecule has 1 amide bonds. The zero-order chi connectivity index (χ0) is 26.4. The van der Waals surface area contributed by atoms with Crippen LogP contribution in [0.15, 0.2) is 72.8 Å². The van der Waals surface area contributed by atoms with Gasteiger partial charge in [-0.15, -0.1) is 0 Å². The maximum absolute atomic E-state index is 12.8. The molecule has 0 N–H and O–H groups in total. The van der Waals surface area contributed by atoms with Crippen molar-refractivity contribution in [3.8, 4) is 22.6 Å². The molecule has 6 nitrogen and oxygen atoms in total. The fraction of sp³-hybridized carbons (Fsp3) is 0.355. The fourth-order valence-corrected chi connectivity index (χ4v) is 4.49. The summed E-state index contributed by atoms with van der Waals surface area (Å²) in [4.78, 5) is 27.0. The molecule has 0 bridgehead atoms. The number of nitrogens with zero attached hydrogens (tertiary/aromatic N) is 1. The van der Waals surface area contributed by atoms with Crippen molar-refractivity contribution in [1.82, 2.24) is 4.90 Å². The van der Waals surface area contributed by atoms with Crippen LogP contribution in [0.2, 0.25) is 0 Å². The van der Waals surface area contributed by atoms with E-state index in [2.05, 4.69) is 6.07 Å². The molecule has 194 valence electrons. The predicted molar refractivity (Wildman–Crippen MR) is 144 cm³/mol. The molecule has 0 unspecified atom stereocenters. The number of carbonyl (C=O) groups excluding carboxylic acids is 2. The third-order valence-electron chi connectivity index (χ3n) is 6.30. The molecule has 6 heteroatoms. The average molecular weight is 502 g/mol. The Morgan fingerprint density at radius 2 is 1.54 bits per heavy atom. The van der Waals surface area contributed by atoms with Crippen molar-refractivity contribution < 1.29 is 23.8 Å². The SMILES string of the molecule is CCOC(=O)c1ccc(C2CCN(C(=O)OC(C)(C)C)CC2)cc1-c1ccc(Oc2ccccc2)cc1. The number of hydrogen-bond donors (Lipinski definition) is 0. The number of rotatable bonds is 6. The largest absolute Gasteiger partial charge is 0.462 e. The summed E-state index contributed by atoms with van der Waals surface area (Å²) in [6.07, 6.45) is 1.41. The number of piperidine rings is 1. The van der Waals surface area contributed by atoms with Crippen molar-refractivity contribution in [2.24, 2.45) is 0 Å². The first kappa shape index (κ1) is 26.3. The molecule has 0 aliphatic carbocycles. The first-order chi connectivity index (χ1) is 17.7. The van der Waals surface area contributed by atoms with Crippen molar-refractivity contribution in [2.75, 3.05) is 19.7 Å². The van der Waals surface area contributed by atoms with Gasteiger partial charge in [0.1, 0.15) is 17.1 Å². The van der Waals surface area contributed by atoms with Crippen LogP contribution >= 0.6 is 0 Å². The van der Waals surface area contributed by atoms with Crippen LogP contribution < -0.4 is 4.74 Å². The first-order valence-corrected chi connectivity index (χ1v) is 12.9. The van der Waals surface area contributed by atoms with E-state index in [0.29, 0.717) is 25.3 Å². The number of ether oxygens (including phenoxy) is 3. The third-order valence-corrected chi connectivity index (χ3v) is 6.30. The molecule has 1 heterocycles. The molecule has 0 radical (unpaired) electrons. The molecular formula is C31H35NO5. The minimum Gasteiger partial charge on any atom is -0.462 e. The fourth-order valence-electron chi connectivity index (χ4n) is 4.49. The van der Waals surface area contributed by atoms with Crippen LogP contribution in [-0.4, -0.2) is 42.3 Å². The van der Waals surface area contributed by atoms with Gasteiger partial charge >= 0.3 is 12.1 Å². The van der Waals surface area contributed by atoms with Crippen LogP contribution in [0, 0.1) is 0 Å². The van der Waals surface area contributed by atoms with Gasteiger partial charge in [0.2, 0.25) is 0 Å². The number of benzene rings is 3. The van der Waals surface area contributed by atoms with Crippen molar-refractivity contribution in [2.45, 2.75) is 52.1 Å².